The van der Waals surface area contributed by atoms with Gasteiger partial charge in [-0.1, -0.05) is 24.3 Å². The first-order valence-corrected chi connectivity index (χ1v) is 10.3. The van der Waals surface area contributed by atoms with Gasteiger partial charge in [0.1, 0.15) is 0 Å². The quantitative estimate of drug-likeness (QED) is 0.829. The molecule has 0 amide bonds. The van der Waals surface area contributed by atoms with Gasteiger partial charge in [-0.2, -0.15) is 13.2 Å². The second kappa shape index (κ2) is 8.36. The molecule has 0 radical (unpaired) electrons. The van der Waals surface area contributed by atoms with Gasteiger partial charge in [0.05, 0.1) is 5.56 Å². The Labute approximate surface area is 170 Å². The van der Waals surface area contributed by atoms with E-state index in [-0.39, 0.29) is 0 Å². The highest BCUT2D eigenvalue weighted by Crippen LogP contribution is 2.32. The van der Waals surface area contributed by atoms with Crippen LogP contribution >= 0.6 is 0 Å². The number of hydrogen-bond acceptors (Lipinski definition) is 3. The number of likely N-dealkylation sites (N-methyl/N-ethyl adjacent to an activating group) is 1. The lowest BCUT2D eigenvalue weighted by Gasteiger charge is -2.37. The average molecular weight is 403 g/mol. The van der Waals surface area contributed by atoms with Crippen molar-refractivity contribution < 1.29 is 13.2 Å². The zero-order valence-electron chi connectivity index (χ0n) is 16.8. The van der Waals surface area contributed by atoms with Gasteiger partial charge in [0.15, 0.2) is 0 Å². The Kier molecular flexibility index (Phi) is 5.83. The summed E-state index contributed by atoms with van der Waals surface area (Å²) in [6.45, 7) is 4.86. The van der Waals surface area contributed by atoms with E-state index < -0.39 is 11.7 Å². The van der Waals surface area contributed by atoms with Crippen molar-refractivity contribution in [1.82, 2.24) is 10.2 Å². The van der Waals surface area contributed by atoms with E-state index in [1.807, 2.05) is 0 Å². The number of anilines is 1. The predicted octanol–water partition coefficient (Wildman–Crippen LogP) is 4.10. The van der Waals surface area contributed by atoms with E-state index in [1.54, 1.807) is 12.1 Å². The third-order valence-electron chi connectivity index (χ3n) is 6.18. The molecule has 0 spiro atoms. The van der Waals surface area contributed by atoms with E-state index in [2.05, 4.69) is 40.4 Å². The largest absolute Gasteiger partial charge is 0.416 e. The van der Waals surface area contributed by atoms with Crippen molar-refractivity contribution in [3.05, 3.63) is 64.7 Å². The summed E-state index contributed by atoms with van der Waals surface area (Å²) < 4.78 is 38.2. The van der Waals surface area contributed by atoms with E-state index in [1.165, 1.54) is 28.9 Å². The smallest absolute Gasteiger partial charge is 0.369 e. The third kappa shape index (κ3) is 4.75. The molecule has 1 N–H and O–H groups in total. The topological polar surface area (TPSA) is 18.5 Å². The Bertz CT molecular complexity index is 824. The lowest BCUT2D eigenvalue weighted by atomic mass is 9.86. The van der Waals surface area contributed by atoms with Gasteiger partial charge in [-0.15, -0.1) is 0 Å². The minimum absolute atomic E-state index is 0.346. The van der Waals surface area contributed by atoms with Crippen LogP contribution in [0.25, 0.3) is 0 Å². The number of benzene rings is 2. The van der Waals surface area contributed by atoms with Crippen molar-refractivity contribution in [3.63, 3.8) is 0 Å². The van der Waals surface area contributed by atoms with Gasteiger partial charge < -0.3 is 15.1 Å². The van der Waals surface area contributed by atoms with Crippen LogP contribution in [0.1, 0.15) is 28.7 Å². The van der Waals surface area contributed by atoms with Gasteiger partial charge >= 0.3 is 6.18 Å². The van der Waals surface area contributed by atoms with E-state index in [9.17, 15) is 13.2 Å². The second-order valence-electron chi connectivity index (χ2n) is 8.22. The number of alkyl halides is 3. The van der Waals surface area contributed by atoms with E-state index in [0.29, 0.717) is 12.6 Å². The van der Waals surface area contributed by atoms with E-state index in [4.69, 9.17) is 0 Å². The number of rotatable bonds is 4. The summed E-state index contributed by atoms with van der Waals surface area (Å²) >= 11 is 0. The Morgan fingerprint density at radius 2 is 1.72 bits per heavy atom. The van der Waals surface area contributed by atoms with Crippen LogP contribution in [-0.4, -0.2) is 44.2 Å². The maximum atomic E-state index is 12.7. The maximum Gasteiger partial charge on any atom is 0.416 e. The molecular formula is C23H28F3N3. The third-order valence-corrected chi connectivity index (χ3v) is 6.18. The molecular weight excluding hydrogens is 375 g/mol. The summed E-state index contributed by atoms with van der Waals surface area (Å²) in [6.07, 6.45) is -1.21. The summed E-state index contributed by atoms with van der Waals surface area (Å²) in [7, 11) is 2.17. The molecule has 1 atom stereocenters. The van der Waals surface area contributed by atoms with Crippen LogP contribution in [0.3, 0.4) is 0 Å². The highest BCUT2D eigenvalue weighted by atomic mass is 19.4. The molecule has 4 rings (SSSR count). The van der Waals surface area contributed by atoms with Crippen LogP contribution in [0, 0.1) is 0 Å². The lowest BCUT2D eigenvalue weighted by molar-refractivity contribution is -0.137. The highest BCUT2D eigenvalue weighted by molar-refractivity contribution is 5.58. The number of nitrogens with zero attached hydrogens (tertiary/aromatic N) is 2. The van der Waals surface area contributed by atoms with Crippen LogP contribution in [-0.2, 0) is 25.6 Å². The SMILES string of the molecule is CN1CCN(c2cccc3c2C[C@H](NCc2ccc(C(F)(F)F)cc2)CC3)CC1. The number of halogens is 3. The van der Waals surface area contributed by atoms with Crippen molar-refractivity contribution >= 4 is 5.69 Å². The van der Waals surface area contributed by atoms with Crippen LogP contribution in [0.5, 0.6) is 0 Å². The fourth-order valence-corrected chi connectivity index (χ4v) is 4.36. The Balaban J connectivity index is 1.41. The van der Waals surface area contributed by atoms with Gasteiger partial charge in [0.25, 0.3) is 0 Å². The molecule has 0 aromatic heterocycles. The van der Waals surface area contributed by atoms with E-state index >= 15 is 0 Å². The Morgan fingerprint density at radius 3 is 2.41 bits per heavy atom. The molecule has 1 fully saturated rings. The molecule has 1 heterocycles. The zero-order valence-corrected chi connectivity index (χ0v) is 16.8. The summed E-state index contributed by atoms with van der Waals surface area (Å²) in [4.78, 5) is 4.86. The Morgan fingerprint density at radius 1 is 1.00 bits per heavy atom. The number of hydrogen-bond donors (Lipinski definition) is 1. The molecule has 1 saturated heterocycles. The van der Waals surface area contributed by atoms with Gasteiger partial charge in [-0.3, -0.25) is 0 Å². The molecule has 2 aromatic rings. The lowest BCUT2D eigenvalue weighted by Crippen LogP contribution is -2.45. The minimum Gasteiger partial charge on any atom is -0.369 e. The first-order chi connectivity index (χ1) is 13.9. The fourth-order valence-electron chi connectivity index (χ4n) is 4.36. The normalized spacial score (nSPS) is 20.6. The van der Waals surface area contributed by atoms with Crippen LogP contribution < -0.4 is 10.2 Å². The second-order valence-corrected chi connectivity index (χ2v) is 8.22. The zero-order chi connectivity index (χ0) is 20.4. The summed E-state index contributed by atoms with van der Waals surface area (Å²) in [6, 6.07) is 12.5. The molecule has 0 saturated carbocycles. The maximum absolute atomic E-state index is 12.7. The van der Waals surface area contributed by atoms with E-state index in [0.717, 1.165) is 51.0 Å². The molecule has 1 aliphatic heterocycles. The number of piperazine rings is 1. The average Bonchev–Trinajstić information content (AvgIpc) is 2.72. The molecule has 0 unspecified atom stereocenters. The highest BCUT2D eigenvalue weighted by Gasteiger charge is 2.30. The molecule has 0 bridgehead atoms. The van der Waals surface area contributed by atoms with Gasteiger partial charge in [-0.05, 0) is 61.2 Å². The van der Waals surface area contributed by atoms with Crippen LogP contribution in [0.4, 0.5) is 18.9 Å². The minimum atomic E-state index is -4.28. The fraction of sp³-hybridized carbons (Fsp3) is 0.478. The van der Waals surface area contributed by atoms with Crippen molar-refractivity contribution in [3.8, 4) is 0 Å². The molecule has 3 nitrogen and oxygen atoms in total. The monoisotopic (exact) mass is 403 g/mol. The predicted molar refractivity (Wildman–Crippen MR) is 110 cm³/mol. The van der Waals surface area contributed by atoms with Crippen molar-refractivity contribution in [2.24, 2.45) is 0 Å². The van der Waals surface area contributed by atoms with Crippen molar-refractivity contribution in [2.45, 2.75) is 38.0 Å². The first kappa shape index (κ1) is 20.2. The summed E-state index contributed by atoms with van der Waals surface area (Å²) in [5.74, 6) is 0. The van der Waals surface area contributed by atoms with Gasteiger partial charge in [0.2, 0.25) is 0 Å². The van der Waals surface area contributed by atoms with Gasteiger partial charge in [-0.25, -0.2) is 0 Å². The summed E-state index contributed by atoms with van der Waals surface area (Å²) in [5, 5.41) is 3.57. The Hall–Kier alpha value is -2.05. The van der Waals surface area contributed by atoms with Crippen LogP contribution in [0.2, 0.25) is 0 Å². The molecule has 29 heavy (non-hydrogen) atoms. The van der Waals surface area contributed by atoms with Crippen LogP contribution in [0.15, 0.2) is 42.5 Å². The molecule has 2 aliphatic rings. The molecule has 156 valence electrons. The number of nitrogens with one attached hydrogen (secondary N) is 1. The molecule has 1 aliphatic carbocycles. The molecule has 2 aromatic carbocycles. The van der Waals surface area contributed by atoms with Crippen molar-refractivity contribution in [1.29, 1.82) is 0 Å². The number of aryl methyl sites for hydroxylation is 1. The molecule has 6 heteroatoms. The van der Waals surface area contributed by atoms with Gasteiger partial charge in [0, 0.05) is 44.5 Å². The van der Waals surface area contributed by atoms with Crippen molar-refractivity contribution in [2.75, 3.05) is 38.1 Å². The summed E-state index contributed by atoms with van der Waals surface area (Å²) in [5.41, 5.74) is 4.53. The first-order valence-electron chi connectivity index (χ1n) is 10.3. The number of fused-ring (bicyclic) bond motifs is 1. The standard InChI is InChI=1S/C23H28F3N3/c1-28-11-13-29(14-12-28)22-4-2-3-18-7-10-20(15-21(18)22)27-16-17-5-8-19(9-6-17)23(24,25)26/h2-6,8-9,20,27H,7,10-16H2,1H3/t20-/m1/s1.